The van der Waals surface area contributed by atoms with Crippen molar-refractivity contribution in [3.8, 4) is 0 Å². The van der Waals surface area contributed by atoms with Gasteiger partial charge in [-0.25, -0.2) is 8.42 Å². The summed E-state index contributed by atoms with van der Waals surface area (Å²) in [5.74, 6) is -0.453. The van der Waals surface area contributed by atoms with Gasteiger partial charge in [-0.3, -0.25) is 4.79 Å². The molecule has 0 aliphatic carbocycles. The first-order valence-electron chi connectivity index (χ1n) is 5.24. The van der Waals surface area contributed by atoms with Crippen LogP contribution in [0.1, 0.15) is 5.56 Å². The third kappa shape index (κ3) is 3.04. The third-order valence-electron chi connectivity index (χ3n) is 2.44. The number of nitrogens with one attached hydrogen (secondary N) is 1. The smallest absolute Gasteiger partial charge is 0.240 e. The number of hydrogen-bond donors (Lipinski definition) is 1. The minimum absolute atomic E-state index is 0.0857. The molecule has 0 bridgehead atoms. The molecule has 5 nitrogen and oxygen atoms in total. The number of piperazine rings is 1. The Morgan fingerprint density at radius 3 is 2.59 bits per heavy atom. The van der Waals surface area contributed by atoms with E-state index >= 15 is 0 Å². The minimum atomic E-state index is -3.45. The van der Waals surface area contributed by atoms with Gasteiger partial charge in [-0.05, 0) is 5.56 Å². The maximum atomic E-state index is 12.0. The lowest BCUT2D eigenvalue weighted by Crippen LogP contribution is -2.46. The first-order valence-corrected chi connectivity index (χ1v) is 6.85. The average molecular weight is 253 g/mol. The summed E-state index contributed by atoms with van der Waals surface area (Å²) in [6, 6.07) is 8.91. The number of carbonyl (C=O) groups excluding carboxylic acids is 1. The number of benzene rings is 1. The lowest BCUT2D eigenvalue weighted by atomic mass is 10.2. The topological polar surface area (TPSA) is 66.5 Å². The first-order chi connectivity index (χ1) is 8.08. The minimum Gasteiger partial charge on any atom is -0.353 e. The molecule has 1 amide bonds. The Balaban J connectivity index is 2.11. The van der Waals surface area contributed by atoms with E-state index in [0.29, 0.717) is 18.7 Å². The fourth-order valence-corrected chi connectivity index (χ4v) is 3.02. The summed E-state index contributed by atoms with van der Waals surface area (Å²) < 4.78 is 25.1. The van der Waals surface area contributed by atoms with Crippen LogP contribution in [0.15, 0.2) is 30.3 Å². The monoisotopic (exact) mass is 253 g/mol. The van der Waals surface area contributed by atoms with Crippen LogP contribution < -0.4 is 5.32 Å². The van der Waals surface area contributed by atoms with Crippen molar-refractivity contribution in [1.82, 2.24) is 9.62 Å². The van der Waals surface area contributed by atoms with E-state index in [1.54, 1.807) is 24.3 Å². The molecule has 2 rings (SSSR count). The van der Waals surface area contributed by atoms with Gasteiger partial charge in [0.1, 0.15) is 6.54 Å². The molecule has 0 spiro atoms. The van der Waals surface area contributed by atoms with E-state index in [9.17, 15) is 13.2 Å². The van der Waals surface area contributed by atoms with Gasteiger partial charge in [0.05, 0.1) is 5.75 Å². The summed E-state index contributed by atoms with van der Waals surface area (Å²) in [5, 5.41) is 2.55. The molecule has 0 atom stereocenters. The lowest BCUT2D eigenvalue weighted by Gasteiger charge is -2.25. The zero-order valence-electron chi connectivity index (χ0n) is 9.17. The Hall–Kier alpha value is -1.40. The molecule has 0 saturated carbocycles. The van der Waals surface area contributed by atoms with Crippen LogP contribution in [0.25, 0.3) is 0 Å². The average Bonchev–Trinajstić information content (AvgIpc) is 2.30. The van der Waals surface area contributed by atoms with Crippen LogP contribution in [-0.2, 0) is 20.6 Å². The highest BCUT2D eigenvalue weighted by Crippen LogP contribution is 2.13. The van der Waals surface area contributed by atoms with Gasteiger partial charge < -0.3 is 5.32 Å². The highest BCUT2D eigenvalue weighted by atomic mass is 32.2. The Morgan fingerprint density at radius 1 is 1.24 bits per heavy atom. The van der Waals surface area contributed by atoms with E-state index in [0.717, 1.165) is 10.8 Å². The van der Waals surface area contributed by atoms with Crippen LogP contribution >= 0.6 is 0 Å². The fraction of sp³-hybridized carbons (Fsp3) is 0.273. The predicted octanol–water partition coefficient (Wildman–Crippen LogP) is 0.110. The molecule has 6 heteroatoms. The van der Waals surface area contributed by atoms with Gasteiger partial charge in [-0.1, -0.05) is 30.3 Å². The third-order valence-corrected chi connectivity index (χ3v) is 4.14. The second-order valence-electron chi connectivity index (χ2n) is 3.77. The zero-order valence-corrected chi connectivity index (χ0v) is 9.98. The summed E-state index contributed by atoms with van der Waals surface area (Å²) in [4.78, 5) is 11.1. The van der Waals surface area contributed by atoms with Gasteiger partial charge in [-0.15, -0.1) is 0 Å². The molecule has 1 N–H and O–H groups in total. The summed E-state index contributed by atoms with van der Waals surface area (Å²) >= 11 is 0. The van der Waals surface area contributed by atoms with E-state index < -0.39 is 10.0 Å². The number of nitrogens with zero attached hydrogens (tertiary/aromatic N) is 1. The van der Waals surface area contributed by atoms with Crippen LogP contribution in [0.5, 0.6) is 0 Å². The van der Waals surface area contributed by atoms with E-state index in [1.165, 1.54) is 0 Å². The van der Waals surface area contributed by atoms with E-state index in [4.69, 9.17) is 0 Å². The van der Waals surface area contributed by atoms with Crippen molar-refractivity contribution in [3.63, 3.8) is 0 Å². The van der Waals surface area contributed by atoms with Crippen LogP contribution in [0.2, 0.25) is 0 Å². The summed E-state index contributed by atoms with van der Waals surface area (Å²) in [7, 11) is -3.45. The number of hydrogen-bond acceptors (Lipinski definition) is 3. The lowest BCUT2D eigenvalue weighted by molar-refractivity contribution is -0.120. The van der Waals surface area contributed by atoms with Gasteiger partial charge in [0, 0.05) is 13.1 Å². The van der Waals surface area contributed by atoms with Crippen LogP contribution in [0.4, 0.5) is 0 Å². The molecule has 1 aromatic rings. The summed E-state index contributed by atoms with van der Waals surface area (Å²) in [5.41, 5.74) is 0.715. The highest BCUT2D eigenvalue weighted by Gasteiger charge is 2.27. The summed E-state index contributed by atoms with van der Waals surface area (Å²) in [6.07, 6.45) is 0. The van der Waals surface area contributed by atoms with Crippen molar-refractivity contribution in [2.24, 2.45) is 0 Å². The van der Waals surface area contributed by atoms with Gasteiger partial charge in [0.2, 0.25) is 15.9 Å². The predicted molar refractivity (Wildman–Crippen MR) is 63.1 cm³/mol. The molecule has 17 heavy (non-hydrogen) atoms. The van der Waals surface area contributed by atoms with E-state index in [1.807, 2.05) is 6.07 Å². The van der Waals surface area contributed by atoms with Crippen molar-refractivity contribution in [2.75, 3.05) is 13.1 Å². The van der Waals surface area contributed by atoms with Crippen LogP contribution in [0, 0.1) is 6.54 Å². The Morgan fingerprint density at radius 2 is 1.94 bits per heavy atom. The molecule has 1 heterocycles. The fourth-order valence-electron chi connectivity index (χ4n) is 1.62. The largest absolute Gasteiger partial charge is 0.353 e. The Labute approximate surface area is 100 Å². The SMILES string of the molecule is O=C1[CH]N(S(=O)(=O)Cc2ccccc2)CCN1. The van der Waals surface area contributed by atoms with Crippen LogP contribution in [-0.4, -0.2) is 31.7 Å². The van der Waals surface area contributed by atoms with Crippen molar-refractivity contribution in [2.45, 2.75) is 5.75 Å². The zero-order chi connectivity index (χ0) is 12.3. The van der Waals surface area contributed by atoms with E-state index in [-0.39, 0.29) is 11.7 Å². The van der Waals surface area contributed by atoms with Gasteiger partial charge in [0.25, 0.3) is 0 Å². The standard InChI is InChI=1S/C11H13N2O3S/c14-11-8-13(7-6-12-11)17(15,16)9-10-4-2-1-3-5-10/h1-5,8H,6-7,9H2,(H,12,14). The number of rotatable bonds is 3. The van der Waals surface area contributed by atoms with Crippen molar-refractivity contribution >= 4 is 15.9 Å². The van der Waals surface area contributed by atoms with Crippen molar-refractivity contribution in [3.05, 3.63) is 42.4 Å². The molecule has 1 fully saturated rings. The molecule has 1 aliphatic heterocycles. The second-order valence-corrected chi connectivity index (χ2v) is 5.69. The summed E-state index contributed by atoms with van der Waals surface area (Å²) in [6.45, 7) is 1.74. The molecule has 0 unspecified atom stereocenters. The molecule has 0 aromatic heterocycles. The number of sulfonamides is 1. The van der Waals surface area contributed by atoms with Gasteiger partial charge in [-0.2, -0.15) is 4.31 Å². The molecule has 1 radical (unpaired) electrons. The number of carbonyl (C=O) groups is 1. The molecule has 91 valence electrons. The highest BCUT2D eigenvalue weighted by molar-refractivity contribution is 7.88. The number of amides is 1. The molecular weight excluding hydrogens is 240 g/mol. The Kier molecular flexibility index (Phi) is 3.44. The molecule has 1 aliphatic rings. The Bertz CT molecular complexity index is 499. The normalized spacial score (nSPS) is 17.8. The maximum absolute atomic E-state index is 12.0. The second kappa shape index (κ2) is 4.85. The first kappa shape index (κ1) is 12.1. The quantitative estimate of drug-likeness (QED) is 0.831. The molecule has 1 aromatic carbocycles. The molecular formula is C11H13N2O3S. The molecule has 1 saturated heterocycles. The van der Waals surface area contributed by atoms with Gasteiger partial charge in [0.15, 0.2) is 0 Å². The van der Waals surface area contributed by atoms with Crippen LogP contribution in [0.3, 0.4) is 0 Å². The van der Waals surface area contributed by atoms with Crippen molar-refractivity contribution < 1.29 is 13.2 Å². The van der Waals surface area contributed by atoms with E-state index in [2.05, 4.69) is 5.32 Å². The maximum Gasteiger partial charge on any atom is 0.240 e. The van der Waals surface area contributed by atoms with Crippen molar-refractivity contribution in [1.29, 1.82) is 0 Å². The van der Waals surface area contributed by atoms with Gasteiger partial charge >= 0.3 is 0 Å².